The monoisotopic (exact) mass is 603 g/mol. The van der Waals surface area contributed by atoms with Gasteiger partial charge in [-0.1, -0.05) is 83.4 Å². The van der Waals surface area contributed by atoms with Crippen LogP contribution in [0.5, 0.6) is 0 Å². The number of amides is 2. The van der Waals surface area contributed by atoms with Crippen LogP contribution in [-0.4, -0.2) is 16.8 Å². The van der Waals surface area contributed by atoms with Crippen molar-refractivity contribution in [3.05, 3.63) is 129 Å². The van der Waals surface area contributed by atoms with Crippen LogP contribution in [0.25, 0.3) is 11.3 Å². The average molecular weight is 605 g/mol. The molecule has 9 heteroatoms. The number of aromatic nitrogens is 1. The fourth-order valence-electron chi connectivity index (χ4n) is 3.88. The van der Waals surface area contributed by atoms with Gasteiger partial charge < -0.3 is 10.6 Å². The van der Waals surface area contributed by atoms with Gasteiger partial charge in [-0.2, -0.15) is 0 Å². The molecule has 0 aliphatic heterocycles. The summed E-state index contributed by atoms with van der Waals surface area (Å²) in [6.45, 7) is 1.98. The number of nitrogens with zero attached hydrogens (tertiary/aromatic N) is 1. The lowest BCUT2D eigenvalue weighted by Gasteiger charge is -2.17. The summed E-state index contributed by atoms with van der Waals surface area (Å²) < 4.78 is 0. The Labute approximate surface area is 250 Å². The minimum atomic E-state index is -0.554. The number of aryl methyl sites for hydroxylation is 1. The summed E-state index contributed by atoms with van der Waals surface area (Å²) in [6.07, 6.45) is 0. The van der Waals surface area contributed by atoms with Crippen molar-refractivity contribution >= 4 is 68.9 Å². The van der Waals surface area contributed by atoms with Crippen molar-refractivity contribution in [2.45, 2.75) is 17.1 Å². The summed E-state index contributed by atoms with van der Waals surface area (Å²) in [6, 6.07) is 29.7. The number of hydrogen-bond acceptors (Lipinski definition) is 5. The highest BCUT2D eigenvalue weighted by Gasteiger charge is 2.23. The Kier molecular flexibility index (Phi) is 8.87. The van der Waals surface area contributed by atoms with Gasteiger partial charge in [0.25, 0.3) is 5.91 Å². The first-order valence-electron chi connectivity index (χ1n) is 12.3. The zero-order valence-corrected chi connectivity index (χ0v) is 24.4. The lowest BCUT2D eigenvalue weighted by atomic mass is 10.1. The molecule has 5 rings (SSSR count). The second-order valence-electron chi connectivity index (χ2n) is 8.91. The largest absolute Gasteiger partial charge is 0.322 e. The molecule has 1 aromatic heterocycles. The Morgan fingerprint density at radius 3 is 2.38 bits per heavy atom. The van der Waals surface area contributed by atoms with Crippen molar-refractivity contribution < 1.29 is 9.59 Å². The van der Waals surface area contributed by atoms with Gasteiger partial charge in [0.2, 0.25) is 5.91 Å². The smallest absolute Gasteiger partial charge is 0.255 e. The topological polar surface area (TPSA) is 71.1 Å². The van der Waals surface area contributed by atoms with Crippen LogP contribution in [0, 0.1) is 6.92 Å². The lowest BCUT2D eigenvalue weighted by molar-refractivity contribution is -0.115. The van der Waals surface area contributed by atoms with Crippen LogP contribution in [-0.2, 0) is 4.79 Å². The first kappa shape index (κ1) is 27.9. The molecule has 0 aliphatic rings. The number of thioether (sulfide) groups is 1. The zero-order valence-electron chi connectivity index (χ0n) is 21.2. The Hall–Kier alpha value is -3.62. The van der Waals surface area contributed by atoms with Crippen molar-refractivity contribution in [3.63, 3.8) is 0 Å². The average Bonchev–Trinajstić information content (AvgIpc) is 3.42. The van der Waals surface area contributed by atoms with Crippen LogP contribution in [0.4, 0.5) is 10.8 Å². The number of rotatable bonds is 8. The zero-order chi connectivity index (χ0) is 28.1. The molecule has 40 heavy (non-hydrogen) atoms. The van der Waals surface area contributed by atoms with Crippen molar-refractivity contribution in [1.82, 2.24) is 4.98 Å². The molecule has 0 radical (unpaired) electrons. The Bertz CT molecular complexity index is 1660. The lowest BCUT2D eigenvalue weighted by Crippen LogP contribution is -2.19. The van der Waals surface area contributed by atoms with E-state index in [-0.39, 0.29) is 11.8 Å². The number of nitrogens with one attached hydrogen (secondary N) is 2. The highest BCUT2D eigenvalue weighted by Crippen LogP contribution is 2.38. The quantitative estimate of drug-likeness (QED) is 0.173. The van der Waals surface area contributed by atoms with Gasteiger partial charge in [-0.3, -0.25) is 9.59 Å². The van der Waals surface area contributed by atoms with Gasteiger partial charge in [0.15, 0.2) is 5.13 Å². The van der Waals surface area contributed by atoms with Crippen LogP contribution in [0.15, 0.2) is 107 Å². The molecule has 4 aromatic carbocycles. The highest BCUT2D eigenvalue weighted by atomic mass is 35.5. The first-order chi connectivity index (χ1) is 19.4. The van der Waals surface area contributed by atoms with E-state index in [1.54, 1.807) is 24.3 Å². The summed E-state index contributed by atoms with van der Waals surface area (Å²) >= 11 is 14.9. The third-order valence-electron chi connectivity index (χ3n) is 5.95. The summed E-state index contributed by atoms with van der Waals surface area (Å²) in [5.41, 5.74) is 4.66. The predicted octanol–water partition coefficient (Wildman–Crippen LogP) is 9.15. The number of benzene rings is 4. The maximum atomic E-state index is 13.6. The van der Waals surface area contributed by atoms with Gasteiger partial charge in [-0.25, -0.2) is 4.98 Å². The van der Waals surface area contributed by atoms with E-state index in [4.69, 9.17) is 23.2 Å². The molecule has 0 spiro atoms. The van der Waals surface area contributed by atoms with Crippen molar-refractivity contribution in [1.29, 1.82) is 0 Å². The Morgan fingerprint density at radius 1 is 0.850 bits per heavy atom. The van der Waals surface area contributed by atoms with Crippen molar-refractivity contribution in [2.75, 3.05) is 10.6 Å². The minimum Gasteiger partial charge on any atom is -0.322 e. The molecule has 0 saturated heterocycles. The number of carbonyl (C=O) groups is 2. The molecule has 0 fully saturated rings. The maximum absolute atomic E-state index is 13.6. The highest BCUT2D eigenvalue weighted by molar-refractivity contribution is 8.00. The second kappa shape index (κ2) is 12.7. The van der Waals surface area contributed by atoms with Crippen LogP contribution in [0.2, 0.25) is 10.0 Å². The SMILES string of the molecule is Cc1ccc(C(=O)Nc2cccc(SC(C(=O)Nc3nc(-c4ccc(Cl)c(Cl)c4)cs3)c3ccccc3)c2)cc1. The van der Waals surface area contributed by atoms with Crippen LogP contribution < -0.4 is 10.6 Å². The van der Waals surface area contributed by atoms with Gasteiger partial charge in [0, 0.05) is 27.1 Å². The normalized spacial score (nSPS) is 11.6. The number of anilines is 2. The molecule has 200 valence electrons. The maximum Gasteiger partial charge on any atom is 0.255 e. The van der Waals surface area contributed by atoms with E-state index < -0.39 is 5.25 Å². The number of carbonyl (C=O) groups excluding carboxylic acids is 2. The number of hydrogen-bond donors (Lipinski definition) is 2. The van der Waals surface area contributed by atoms with Gasteiger partial charge in [0.05, 0.1) is 15.7 Å². The van der Waals surface area contributed by atoms with E-state index in [1.165, 1.54) is 23.1 Å². The van der Waals surface area contributed by atoms with E-state index in [0.29, 0.717) is 32.1 Å². The van der Waals surface area contributed by atoms with Crippen molar-refractivity contribution in [3.8, 4) is 11.3 Å². The molecule has 1 atom stereocenters. The van der Waals surface area contributed by atoms with Gasteiger partial charge in [0.1, 0.15) is 5.25 Å². The molecule has 1 heterocycles. The molecule has 0 bridgehead atoms. The van der Waals surface area contributed by atoms with E-state index in [2.05, 4.69) is 15.6 Å². The molecule has 5 aromatic rings. The number of thiazole rings is 1. The Balaban J connectivity index is 1.33. The van der Waals surface area contributed by atoms with Crippen LogP contribution in [0.1, 0.15) is 26.7 Å². The Morgan fingerprint density at radius 2 is 1.62 bits per heavy atom. The third-order valence-corrected chi connectivity index (χ3v) is 8.69. The van der Waals surface area contributed by atoms with Crippen LogP contribution >= 0.6 is 46.3 Å². The molecular formula is C31H23Cl2N3O2S2. The third kappa shape index (κ3) is 6.92. The molecule has 0 aliphatic carbocycles. The molecule has 2 amide bonds. The molecular weight excluding hydrogens is 581 g/mol. The summed E-state index contributed by atoms with van der Waals surface area (Å²) in [4.78, 5) is 31.7. The molecule has 2 N–H and O–H groups in total. The summed E-state index contributed by atoms with van der Waals surface area (Å²) in [5.74, 6) is -0.401. The summed E-state index contributed by atoms with van der Waals surface area (Å²) in [7, 11) is 0. The minimum absolute atomic E-state index is 0.193. The molecule has 0 saturated carbocycles. The first-order valence-corrected chi connectivity index (χ1v) is 14.8. The summed E-state index contributed by atoms with van der Waals surface area (Å²) in [5, 5.41) is 8.61. The van der Waals surface area contributed by atoms with E-state index in [0.717, 1.165) is 21.6 Å². The van der Waals surface area contributed by atoms with Crippen LogP contribution in [0.3, 0.4) is 0 Å². The fraction of sp³-hybridized carbons (Fsp3) is 0.0645. The molecule has 1 unspecified atom stereocenters. The standard InChI is InChI=1S/C31H23Cl2N3O2S2/c1-19-10-12-21(13-11-19)29(37)34-23-8-5-9-24(17-23)40-28(20-6-3-2-4-7-20)30(38)36-31-35-27(18-39-31)22-14-15-25(32)26(33)16-22/h2-18,28H,1H3,(H,34,37)(H,35,36,38). The fourth-order valence-corrected chi connectivity index (χ4v) is 5.99. The van der Waals surface area contributed by atoms with Gasteiger partial charge >= 0.3 is 0 Å². The second-order valence-corrected chi connectivity index (χ2v) is 11.8. The van der Waals surface area contributed by atoms with Crippen molar-refractivity contribution in [2.24, 2.45) is 0 Å². The van der Waals surface area contributed by atoms with E-state index in [9.17, 15) is 9.59 Å². The van der Waals surface area contributed by atoms with Gasteiger partial charge in [-0.05, 0) is 55.0 Å². The van der Waals surface area contributed by atoms with E-state index in [1.807, 2.05) is 85.1 Å². The van der Waals surface area contributed by atoms with Gasteiger partial charge in [-0.15, -0.1) is 23.1 Å². The van der Waals surface area contributed by atoms with E-state index >= 15 is 0 Å². The predicted molar refractivity (Wildman–Crippen MR) is 167 cm³/mol. The number of halogens is 2. The molecule has 5 nitrogen and oxygen atoms in total.